The quantitative estimate of drug-likeness (QED) is 0.445. The molecule has 2 saturated carbocycles. The fraction of sp³-hybridized carbons (Fsp3) is 0.593. The Bertz CT molecular complexity index is 881. The predicted octanol–water partition coefficient (Wildman–Crippen LogP) is 3.76. The Kier molecular flexibility index (Phi) is 6.62. The topological polar surface area (TPSA) is 78.8 Å². The molecule has 2 unspecified atom stereocenters. The van der Waals surface area contributed by atoms with Gasteiger partial charge in [-0.1, -0.05) is 56.3 Å². The third-order valence-electron chi connectivity index (χ3n) is 8.69. The number of allylic oxidation sites excluding steroid dienone is 1. The highest BCUT2D eigenvalue weighted by Gasteiger charge is 2.57. The second kappa shape index (κ2) is 9.12. The van der Waals surface area contributed by atoms with Crippen molar-refractivity contribution in [1.82, 2.24) is 5.32 Å². The molecule has 5 nitrogen and oxygen atoms in total. The molecule has 2 aliphatic carbocycles. The maximum Gasteiger partial charge on any atom is 0.335 e. The average molecular weight is 440 g/mol. The number of ether oxygens (including phenoxy) is 1. The molecule has 0 aromatic heterocycles. The summed E-state index contributed by atoms with van der Waals surface area (Å²) in [6, 6.07) is 10.1. The van der Waals surface area contributed by atoms with E-state index in [4.69, 9.17) is 4.74 Å². The van der Waals surface area contributed by atoms with Gasteiger partial charge in [0.1, 0.15) is 6.61 Å². The van der Waals surface area contributed by atoms with Gasteiger partial charge in [-0.2, -0.15) is 0 Å². The van der Waals surface area contributed by atoms with Gasteiger partial charge in [-0.3, -0.25) is 0 Å². The average Bonchev–Trinajstić information content (AvgIpc) is 3.22. The highest BCUT2D eigenvalue weighted by Crippen LogP contribution is 2.61. The Balaban J connectivity index is 1.61. The smallest absolute Gasteiger partial charge is 0.335 e. The lowest BCUT2D eigenvalue weighted by molar-refractivity contribution is -0.153. The molecule has 0 saturated heterocycles. The van der Waals surface area contributed by atoms with Crippen molar-refractivity contribution in [1.29, 1.82) is 0 Å². The summed E-state index contributed by atoms with van der Waals surface area (Å²) in [7, 11) is 0. The van der Waals surface area contributed by atoms with E-state index in [9.17, 15) is 15.0 Å². The van der Waals surface area contributed by atoms with Gasteiger partial charge < -0.3 is 20.3 Å². The van der Waals surface area contributed by atoms with Gasteiger partial charge in [0.25, 0.3) is 0 Å². The fourth-order valence-electron chi connectivity index (χ4n) is 6.69. The molecule has 1 heterocycles. The number of esters is 1. The van der Waals surface area contributed by atoms with Gasteiger partial charge in [0.15, 0.2) is 0 Å². The van der Waals surface area contributed by atoms with E-state index in [1.807, 2.05) is 31.2 Å². The Morgan fingerprint density at radius 3 is 2.66 bits per heavy atom. The Morgan fingerprint density at radius 1 is 1.25 bits per heavy atom. The van der Waals surface area contributed by atoms with Gasteiger partial charge in [-0.05, 0) is 61.0 Å². The van der Waals surface area contributed by atoms with Crippen LogP contribution >= 0.6 is 0 Å². The normalized spacial score (nSPS) is 35.8. The zero-order chi connectivity index (χ0) is 22.9. The van der Waals surface area contributed by atoms with Crippen molar-refractivity contribution >= 4 is 5.97 Å². The number of hydrogen-bond acceptors (Lipinski definition) is 5. The van der Waals surface area contributed by atoms with Crippen LogP contribution in [0.4, 0.5) is 0 Å². The van der Waals surface area contributed by atoms with Crippen molar-refractivity contribution < 1.29 is 19.7 Å². The van der Waals surface area contributed by atoms with E-state index in [0.29, 0.717) is 25.1 Å². The summed E-state index contributed by atoms with van der Waals surface area (Å²) in [5.41, 5.74) is 2.51. The second-order valence-corrected chi connectivity index (χ2v) is 10.4. The van der Waals surface area contributed by atoms with E-state index in [0.717, 1.165) is 25.7 Å². The Hall–Kier alpha value is -1.95. The lowest BCUT2D eigenvalue weighted by Gasteiger charge is -2.60. The summed E-state index contributed by atoms with van der Waals surface area (Å²) in [6.07, 6.45) is 5.58. The van der Waals surface area contributed by atoms with Gasteiger partial charge in [-0.15, -0.1) is 0 Å². The molecule has 0 spiro atoms. The summed E-state index contributed by atoms with van der Waals surface area (Å²) >= 11 is 0. The third-order valence-corrected chi connectivity index (χ3v) is 8.69. The SMILES string of the molecule is C=C1CCC2[C@](C)(CO)[C@H](O)CC[C@]2(C)[C@@H]1CC(NCc1ccccc1)C1=CCOC1=O. The molecule has 4 rings (SSSR count). The number of nitrogens with one attached hydrogen (secondary N) is 1. The number of carbonyl (C=O) groups excluding carboxylic acids is 1. The minimum absolute atomic E-state index is 0.0131. The van der Waals surface area contributed by atoms with Crippen LogP contribution in [0.1, 0.15) is 51.5 Å². The van der Waals surface area contributed by atoms with Crippen LogP contribution in [-0.4, -0.2) is 41.5 Å². The number of benzene rings is 1. The van der Waals surface area contributed by atoms with E-state index in [1.165, 1.54) is 11.1 Å². The first-order chi connectivity index (χ1) is 15.3. The lowest BCUT2D eigenvalue weighted by Crippen LogP contribution is -2.58. The number of carbonyl (C=O) groups is 1. The molecule has 0 radical (unpaired) electrons. The monoisotopic (exact) mass is 439 g/mol. The summed E-state index contributed by atoms with van der Waals surface area (Å²) < 4.78 is 5.25. The molecule has 174 valence electrons. The molecular weight excluding hydrogens is 402 g/mol. The van der Waals surface area contributed by atoms with Gasteiger partial charge >= 0.3 is 5.97 Å². The van der Waals surface area contributed by atoms with Crippen molar-refractivity contribution in [2.75, 3.05) is 13.2 Å². The van der Waals surface area contributed by atoms with E-state index in [-0.39, 0.29) is 35.9 Å². The van der Waals surface area contributed by atoms with Crippen LogP contribution in [-0.2, 0) is 16.1 Å². The van der Waals surface area contributed by atoms with Crippen LogP contribution in [0.3, 0.4) is 0 Å². The summed E-state index contributed by atoms with van der Waals surface area (Å²) in [6.45, 7) is 9.78. The van der Waals surface area contributed by atoms with Crippen LogP contribution in [0.2, 0.25) is 0 Å². The first kappa shape index (κ1) is 23.2. The molecule has 0 amide bonds. The fourth-order valence-corrected chi connectivity index (χ4v) is 6.69. The van der Waals surface area contributed by atoms with Gasteiger partial charge in [0, 0.05) is 18.0 Å². The maximum absolute atomic E-state index is 12.5. The molecular formula is C27H37NO4. The standard InChI is InChI=1S/C27H37NO4/c1-18-9-10-23-26(2,13-11-24(30)27(23,3)17-29)21(18)15-22(20-12-14-32-25(20)31)28-16-19-7-5-4-6-8-19/h4-8,12,21-24,28-30H,1,9-11,13-17H2,2-3H3/t21-,22?,23?,24-,26-,27+/m1/s1. The number of hydrogen-bond donors (Lipinski definition) is 3. The molecule has 2 fully saturated rings. The van der Waals surface area contributed by atoms with Gasteiger partial charge in [0.05, 0.1) is 18.3 Å². The Labute approximate surface area is 191 Å². The molecule has 3 N–H and O–H groups in total. The summed E-state index contributed by atoms with van der Waals surface area (Å²) in [5.74, 6) is 0.165. The van der Waals surface area contributed by atoms with E-state index in [1.54, 1.807) is 0 Å². The van der Waals surface area contributed by atoms with Gasteiger partial charge in [-0.25, -0.2) is 4.79 Å². The predicted molar refractivity (Wildman–Crippen MR) is 125 cm³/mol. The van der Waals surface area contributed by atoms with Crippen LogP contribution < -0.4 is 5.32 Å². The first-order valence-electron chi connectivity index (χ1n) is 11.9. The van der Waals surface area contributed by atoms with Crippen LogP contribution in [0.5, 0.6) is 0 Å². The molecule has 1 aliphatic heterocycles. The maximum atomic E-state index is 12.5. The van der Waals surface area contributed by atoms with E-state index >= 15 is 0 Å². The van der Waals surface area contributed by atoms with E-state index in [2.05, 4.69) is 31.0 Å². The molecule has 0 bridgehead atoms. The number of fused-ring (bicyclic) bond motifs is 1. The highest BCUT2D eigenvalue weighted by atomic mass is 16.5. The molecule has 1 aromatic rings. The number of aliphatic hydroxyl groups excluding tert-OH is 2. The zero-order valence-corrected chi connectivity index (χ0v) is 19.3. The van der Waals surface area contributed by atoms with Crippen molar-refractivity contribution in [2.45, 2.75) is 64.6 Å². The summed E-state index contributed by atoms with van der Waals surface area (Å²) in [5, 5.41) is 24.7. The molecule has 6 atom stereocenters. The van der Waals surface area contributed by atoms with Crippen molar-refractivity contribution in [2.24, 2.45) is 22.7 Å². The van der Waals surface area contributed by atoms with Crippen molar-refractivity contribution in [3.8, 4) is 0 Å². The second-order valence-electron chi connectivity index (χ2n) is 10.4. The highest BCUT2D eigenvalue weighted by molar-refractivity contribution is 5.91. The van der Waals surface area contributed by atoms with E-state index < -0.39 is 11.5 Å². The van der Waals surface area contributed by atoms with Crippen LogP contribution in [0.25, 0.3) is 0 Å². The Morgan fingerprint density at radius 2 is 2.00 bits per heavy atom. The van der Waals surface area contributed by atoms with Crippen molar-refractivity contribution in [3.63, 3.8) is 0 Å². The van der Waals surface area contributed by atoms with Crippen molar-refractivity contribution in [3.05, 3.63) is 59.7 Å². The minimum Gasteiger partial charge on any atom is -0.458 e. The van der Waals surface area contributed by atoms with Gasteiger partial charge in [0.2, 0.25) is 0 Å². The summed E-state index contributed by atoms with van der Waals surface area (Å²) in [4.78, 5) is 12.5. The molecule has 1 aromatic carbocycles. The number of rotatable bonds is 7. The van der Waals surface area contributed by atoms with Crippen LogP contribution in [0, 0.1) is 22.7 Å². The third kappa shape index (κ3) is 4.07. The van der Waals surface area contributed by atoms with Crippen LogP contribution in [0.15, 0.2) is 54.1 Å². The molecule has 32 heavy (non-hydrogen) atoms. The lowest BCUT2D eigenvalue weighted by atomic mass is 9.46. The molecule has 3 aliphatic rings. The molecule has 5 heteroatoms. The number of aliphatic hydroxyl groups is 2. The zero-order valence-electron chi connectivity index (χ0n) is 19.3. The first-order valence-corrected chi connectivity index (χ1v) is 11.9. The minimum atomic E-state index is -0.509. The largest absolute Gasteiger partial charge is 0.458 e. The number of cyclic esters (lactones) is 1.